The summed E-state index contributed by atoms with van der Waals surface area (Å²) in [5, 5.41) is 2.47. The van der Waals surface area contributed by atoms with Crippen LogP contribution in [0.5, 0.6) is 11.5 Å². The number of halogens is 3. The minimum absolute atomic E-state index is 0. The summed E-state index contributed by atoms with van der Waals surface area (Å²) in [5.74, 6) is 0.931. The van der Waals surface area contributed by atoms with Gasteiger partial charge in [0.15, 0.2) is 0 Å². The Morgan fingerprint density at radius 2 is 1.02 bits per heavy atom. The molecule has 10 nitrogen and oxygen atoms in total. The van der Waals surface area contributed by atoms with Crippen molar-refractivity contribution in [3.63, 3.8) is 0 Å². The highest BCUT2D eigenvalue weighted by Crippen LogP contribution is 2.38. The van der Waals surface area contributed by atoms with E-state index in [2.05, 4.69) is 9.80 Å². The van der Waals surface area contributed by atoms with Crippen LogP contribution in [0, 0.1) is 27.7 Å². The first-order chi connectivity index (χ1) is 22.6. The van der Waals surface area contributed by atoms with Crippen molar-refractivity contribution in [3.05, 3.63) is 76.4 Å². The molecule has 0 bridgehead atoms. The first-order valence-electron chi connectivity index (χ1n) is 16.0. The van der Waals surface area contributed by atoms with Crippen LogP contribution >= 0.6 is 35.6 Å². The van der Waals surface area contributed by atoms with Gasteiger partial charge in [0.25, 0.3) is 0 Å². The molecule has 0 saturated carbocycles. The van der Waals surface area contributed by atoms with Gasteiger partial charge in [0.2, 0.25) is 0 Å². The molecule has 0 atom stereocenters. The van der Waals surface area contributed by atoms with Gasteiger partial charge in [0.1, 0.15) is 22.7 Å². The van der Waals surface area contributed by atoms with Gasteiger partial charge in [-0.15, -0.1) is 12.4 Å². The van der Waals surface area contributed by atoms with E-state index in [0.717, 1.165) is 48.1 Å². The molecule has 0 unspecified atom stereocenters. The van der Waals surface area contributed by atoms with Crippen molar-refractivity contribution in [2.45, 2.75) is 47.2 Å². The molecule has 0 radical (unpaired) electrons. The van der Waals surface area contributed by atoms with E-state index < -0.39 is 0 Å². The standard InChI is InChI=1S/C35H40Cl2N2O8.ClH/c1-20-24-16-28(36)32(22(3)30(24)46-34(40)26(20)18-38-6-12-42-13-7-38)44-10-5-11-45-33-23(4)31-25(17-29(33)37)21(2)27(35(41)47-31)19-39-8-14-43-15-9-39;/h16-17H,5-15,18-19H2,1-4H3;1H. The number of fused-ring (bicyclic) bond motifs is 2. The van der Waals surface area contributed by atoms with E-state index in [1.54, 1.807) is 12.1 Å². The third-order valence-corrected chi connectivity index (χ3v) is 9.74. The van der Waals surface area contributed by atoms with E-state index in [1.165, 1.54) is 0 Å². The molecular weight excluding hydrogens is 683 g/mol. The first kappa shape index (κ1) is 36.5. The number of ether oxygens (including phenoxy) is 4. The Bertz CT molecular complexity index is 1780. The van der Waals surface area contributed by atoms with Gasteiger partial charge in [-0.1, -0.05) is 23.2 Å². The summed E-state index contributed by atoms with van der Waals surface area (Å²) in [6, 6.07) is 3.61. The fourth-order valence-corrected chi connectivity index (χ4v) is 6.95. The molecule has 2 saturated heterocycles. The van der Waals surface area contributed by atoms with Gasteiger partial charge in [-0.05, 0) is 51.0 Å². The predicted molar refractivity (Wildman–Crippen MR) is 189 cm³/mol. The van der Waals surface area contributed by atoms with E-state index in [9.17, 15) is 9.59 Å². The largest absolute Gasteiger partial charge is 0.491 e. The topological polar surface area (TPSA) is 104 Å². The number of nitrogens with zero attached hydrogens (tertiary/aromatic N) is 2. The summed E-state index contributed by atoms with van der Waals surface area (Å²) in [7, 11) is 0. The molecule has 2 aliphatic heterocycles. The Kier molecular flexibility index (Phi) is 12.0. The Morgan fingerprint density at radius 1 is 0.646 bits per heavy atom. The molecule has 13 heteroatoms. The second-order valence-electron chi connectivity index (χ2n) is 12.2. The number of hydrogen-bond acceptors (Lipinski definition) is 10. The molecular formula is C35H41Cl3N2O8. The lowest BCUT2D eigenvalue weighted by Crippen LogP contribution is -2.37. The van der Waals surface area contributed by atoms with Crippen LogP contribution in [0.2, 0.25) is 10.0 Å². The molecule has 2 fully saturated rings. The zero-order chi connectivity index (χ0) is 33.2. The van der Waals surface area contributed by atoms with Gasteiger partial charge in [0, 0.05) is 67.6 Å². The lowest BCUT2D eigenvalue weighted by molar-refractivity contribution is 0.0336. The van der Waals surface area contributed by atoms with Crippen LogP contribution in [0.25, 0.3) is 21.9 Å². The summed E-state index contributed by atoms with van der Waals surface area (Å²) in [6.07, 6.45) is 0.518. The number of benzene rings is 2. The van der Waals surface area contributed by atoms with E-state index in [4.69, 9.17) is 51.0 Å². The molecule has 260 valence electrons. The van der Waals surface area contributed by atoms with Gasteiger partial charge in [-0.2, -0.15) is 0 Å². The maximum atomic E-state index is 13.0. The molecule has 0 amide bonds. The van der Waals surface area contributed by atoms with Gasteiger partial charge >= 0.3 is 11.3 Å². The number of rotatable bonds is 10. The summed E-state index contributed by atoms with van der Waals surface area (Å²) < 4.78 is 34.7. The zero-order valence-corrected chi connectivity index (χ0v) is 30.0. The van der Waals surface area contributed by atoms with E-state index >= 15 is 0 Å². The highest BCUT2D eigenvalue weighted by atomic mass is 35.5. The quantitative estimate of drug-likeness (QED) is 0.135. The third kappa shape index (κ3) is 7.50. The van der Waals surface area contributed by atoms with E-state index in [1.807, 2.05) is 27.7 Å². The molecule has 2 aromatic heterocycles. The van der Waals surface area contributed by atoms with Crippen molar-refractivity contribution >= 4 is 57.5 Å². The third-order valence-electron chi connectivity index (χ3n) is 9.18. The van der Waals surface area contributed by atoms with Gasteiger partial charge in [-0.25, -0.2) is 9.59 Å². The maximum absolute atomic E-state index is 13.0. The molecule has 2 aliphatic rings. The summed E-state index contributed by atoms with van der Waals surface area (Å²) in [5.41, 5.74) is 4.54. The molecule has 4 aromatic rings. The monoisotopic (exact) mass is 722 g/mol. The molecule has 2 aromatic carbocycles. The van der Waals surface area contributed by atoms with Crippen LogP contribution in [0.15, 0.2) is 30.6 Å². The molecule has 0 aliphatic carbocycles. The zero-order valence-electron chi connectivity index (χ0n) is 27.7. The van der Waals surface area contributed by atoms with Crippen molar-refractivity contribution < 1.29 is 27.8 Å². The average Bonchev–Trinajstić information content (AvgIpc) is 3.06. The van der Waals surface area contributed by atoms with Gasteiger partial charge < -0.3 is 27.8 Å². The number of morpholine rings is 2. The summed E-state index contributed by atoms with van der Waals surface area (Å²) in [4.78, 5) is 30.4. The van der Waals surface area contributed by atoms with Gasteiger partial charge in [0.05, 0.1) is 60.8 Å². The lowest BCUT2D eigenvalue weighted by atomic mass is 10.0. The van der Waals surface area contributed by atoms with Crippen LogP contribution in [0.4, 0.5) is 0 Å². The fourth-order valence-electron chi connectivity index (χ4n) is 6.34. The van der Waals surface area contributed by atoms with Crippen LogP contribution in [0.3, 0.4) is 0 Å². The van der Waals surface area contributed by atoms with Gasteiger partial charge in [-0.3, -0.25) is 9.80 Å². The maximum Gasteiger partial charge on any atom is 0.341 e. The molecule has 6 rings (SSSR count). The molecule has 48 heavy (non-hydrogen) atoms. The summed E-state index contributed by atoms with van der Waals surface area (Å²) >= 11 is 13.4. The Morgan fingerprint density at radius 3 is 1.40 bits per heavy atom. The number of aryl methyl sites for hydroxylation is 4. The second kappa shape index (κ2) is 15.8. The van der Waals surface area contributed by atoms with Crippen molar-refractivity contribution in [2.75, 3.05) is 65.8 Å². The highest BCUT2D eigenvalue weighted by molar-refractivity contribution is 6.33. The van der Waals surface area contributed by atoms with Crippen molar-refractivity contribution in [2.24, 2.45) is 0 Å². The van der Waals surface area contributed by atoms with Crippen molar-refractivity contribution in [1.29, 1.82) is 0 Å². The predicted octanol–water partition coefficient (Wildman–Crippen LogP) is 6.37. The number of hydrogen-bond donors (Lipinski definition) is 0. The lowest BCUT2D eigenvalue weighted by Gasteiger charge is -2.26. The minimum Gasteiger partial charge on any atom is -0.491 e. The van der Waals surface area contributed by atoms with Crippen LogP contribution < -0.4 is 20.7 Å². The fraction of sp³-hybridized carbons (Fsp3) is 0.486. The molecule has 0 N–H and O–H groups in total. The SMILES string of the molecule is Cc1c(CN2CCOCC2)c(=O)oc2c(C)c(OCCCOc3c(Cl)cc4c(C)c(CN5CCOCC5)c(=O)oc4c3C)c(Cl)cc12.Cl. The Labute approximate surface area is 295 Å². The first-order valence-corrected chi connectivity index (χ1v) is 16.8. The smallest absolute Gasteiger partial charge is 0.341 e. The Balaban J connectivity index is 0.00000451. The molecule has 0 spiro atoms. The Hall–Kier alpha value is -2.83. The summed E-state index contributed by atoms with van der Waals surface area (Å²) in [6.45, 7) is 14.8. The second-order valence-corrected chi connectivity index (χ2v) is 13.0. The van der Waals surface area contributed by atoms with Crippen molar-refractivity contribution in [1.82, 2.24) is 9.80 Å². The molecule has 4 heterocycles. The van der Waals surface area contributed by atoms with E-state index in [-0.39, 0.29) is 23.7 Å². The van der Waals surface area contributed by atoms with E-state index in [0.29, 0.717) is 114 Å². The van der Waals surface area contributed by atoms with Crippen LogP contribution in [-0.2, 0) is 22.6 Å². The van der Waals surface area contributed by atoms with Crippen molar-refractivity contribution in [3.8, 4) is 11.5 Å². The van der Waals surface area contributed by atoms with Crippen LogP contribution in [0.1, 0.15) is 39.8 Å². The average molecular weight is 724 g/mol. The van der Waals surface area contributed by atoms with Crippen LogP contribution in [-0.4, -0.2) is 75.6 Å². The normalized spacial score (nSPS) is 16.0. The minimum atomic E-state index is -0.353. The highest BCUT2D eigenvalue weighted by Gasteiger charge is 2.23.